The van der Waals surface area contributed by atoms with Gasteiger partial charge in [0.25, 0.3) is 0 Å². The van der Waals surface area contributed by atoms with Crippen molar-refractivity contribution in [3.8, 4) is 11.5 Å². The third-order valence-corrected chi connectivity index (χ3v) is 4.30. The molecule has 1 heterocycles. The molecule has 0 amide bonds. The van der Waals surface area contributed by atoms with E-state index in [4.69, 9.17) is 12.2 Å². The molecule has 0 saturated carbocycles. The number of benzene rings is 2. The maximum Gasteiger partial charge on any atom is 0.167 e. The van der Waals surface area contributed by atoms with E-state index in [0.717, 1.165) is 17.5 Å². The summed E-state index contributed by atoms with van der Waals surface area (Å²) < 4.78 is 0. The molecule has 114 valence electrons. The molecule has 2 aromatic carbocycles. The van der Waals surface area contributed by atoms with E-state index in [2.05, 4.69) is 22.8 Å². The lowest BCUT2D eigenvalue weighted by atomic mass is 9.81. The van der Waals surface area contributed by atoms with Gasteiger partial charge in [-0.3, -0.25) is 0 Å². The summed E-state index contributed by atoms with van der Waals surface area (Å²) in [6, 6.07) is 14.8. The number of thiocarbonyl (C=S) groups is 1. The molecule has 0 unspecified atom stereocenters. The van der Waals surface area contributed by atoms with E-state index in [0.29, 0.717) is 5.11 Å². The molecule has 1 fully saturated rings. The van der Waals surface area contributed by atoms with E-state index in [1.807, 2.05) is 25.1 Å². The van der Waals surface area contributed by atoms with E-state index < -0.39 is 5.54 Å². The van der Waals surface area contributed by atoms with Crippen molar-refractivity contribution in [2.75, 3.05) is 0 Å². The number of hydrogen-bond acceptors (Lipinski definition) is 3. The van der Waals surface area contributed by atoms with Gasteiger partial charge >= 0.3 is 0 Å². The van der Waals surface area contributed by atoms with Crippen LogP contribution in [0.3, 0.4) is 0 Å². The highest BCUT2D eigenvalue weighted by Crippen LogP contribution is 2.39. The molecule has 1 aliphatic heterocycles. The molecule has 4 nitrogen and oxygen atoms in total. The summed E-state index contributed by atoms with van der Waals surface area (Å²) in [5, 5.41) is 26.7. The first-order valence-electron chi connectivity index (χ1n) is 7.14. The Kier molecular flexibility index (Phi) is 3.66. The van der Waals surface area contributed by atoms with Crippen molar-refractivity contribution in [3.63, 3.8) is 0 Å². The zero-order chi connectivity index (χ0) is 15.7. The minimum Gasteiger partial charge on any atom is -0.508 e. The summed E-state index contributed by atoms with van der Waals surface area (Å²) in [7, 11) is 0. The summed E-state index contributed by atoms with van der Waals surface area (Å²) in [6.07, 6.45) is 0.718. The van der Waals surface area contributed by atoms with Crippen molar-refractivity contribution >= 4 is 17.3 Å². The van der Waals surface area contributed by atoms with E-state index in [-0.39, 0.29) is 17.5 Å². The maximum atomic E-state index is 10.2. The smallest absolute Gasteiger partial charge is 0.167 e. The molecule has 4 N–H and O–H groups in total. The van der Waals surface area contributed by atoms with Gasteiger partial charge in [0.2, 0.25) is 0 Å². The van der Waals surface area contributed by atoms with E-state index in [1.54, 1.807) is 12.1 Å². The Bertz CT molecular complexity index is 705. The third kappa shape index (κ3) is 2.72. The number of aromatic hydroxyl groups is 2. The molecule has 5 heteroatoms. The predicted octanol–water partition coefficient (Wildman–Crippen LogP) is 2.92. The quantitative estimate of drug-likeness (QED) is 0.642. The second-order valence-electron chi connectivity index (χ2n) is 5.80. The van der Waals surface area contributed by atoms with Crippen LogP contribution in [0, 0.1) is 0 Å². The van der Waals surface area contributed by atoms with Gasteiger partial charge in [-0.25, -0.2) is 0 Å². The standard InChI is InChI=1S/C17H18N2O2S/c1-17(13-8-7-12(20)9-15(13)21)10-14(18-16(22)19-17)11-5-3-2-4-6-11/h2-9,14,20-21H,10H2,1H3,(H2,18,19,22)/t14-,17-/m0/s1. The van der Waals surface area contributed by atoms with Gasteiger partial charge in [0.15, 0.2) is 5.11 Å². The van der Waals surface area contributed by atoms with Crippen LogP contribution in [0.2, 0.25) is 0 Å². The Labute approximate surface area is 134 Å². The molecule has 2 atom stereocenters. The highest BCUT2D eigenvalue weighted by molar-refractivity contribution is 7.80. The molecule has 0 aliphatic carbocycles. The predicted molar refractivity (Wildman–Crippen MR) is 89.8 cm³/mol. The van der Waals surface area contributed by atoms with Gasteiger partial charge in [-0.05, 0) is 43.3 Å². The molecule has 1 aliphatic rings. The number of nitrogens with one attached hydrogen (secondary N) is 2. The van der Waals surface area contributed by atoms with Gasteiger partial charge in [-0.1, -0.05) is 30.3 Å². The monoisotopic (exact) mass is 314 g/mol. The first kappa shape index (κ1) is 14.7. The Morgan fingerprint density at radius 3 is 2.55 bits per heavy atom. The summed E-state index contributed by atoms with van der Waals surface area (Å²) >= 11 is 5.35. The van der Waals surface area contributed by atoms with Crippen molar-refractivity contribution in [1.82, 2.24) is 10.6 Å². The van der Waals surface area contributed by atoms with Crippen molar-refractivity contribution in [1.29, 1.82) is 0 Å². The number of phenolic OH excluding ortho intramolecular Hbond substituents is 2. The Balaban J connectivity index is 1.97. The lowest BCUT2D eigenvalue weighted by Gasteiger charge is -2.42. The highest BCUT2D eigenvalue weighted by Gasteiger charge is 2.37. The highest BCUT2D eigenvalue weighted by atomic mass is 32.1. The average molecular weight is 314 g/mol. The molecule has 2 aromatic rings. The van der Waals surface area contributed by atoms with Gasteiger partial charge in [0.1, 0.15) is 11.5 Å². The van der Waals surface area contributed by atoms with Crippen LogP contribution < -0.4 is 10.6 Å². The van der Waals surface area contributed by atoms with Crippen LogP contribution in [0.15, 0.2) is 48.5 Å². The Hall–Kier alpha value is -2.27. The van der Waals surface area contributed by atoms with Crippen LogP contribution in [0.25, 0.3) is 0 Å². The molecular formula is C17H18N2O2S. The van der Waals surface area contributed by atoms with Crippen molar-refractivity contribution < 1.29 is 10.2 Å². The molecule has 22 heavy (non-hydrogen) atoms. The average Bonchev–Trinajstić information content (AvgIpc) is 2.47. The third-order valence-electron chi connectivity index (χ3n) is 4.08. The molecule has 1 saturated heterocycles. The lowest BCUT2D eigenvalue weighted by Crippen LogP contribution is -2.55. The van der Waals surface area contributed by atoms with E-state index >= 15 is 0 Å². The maximum absolute atomic E-state index is 10.2. The molecule has 0 aromatic heterocycles. The number of phenols is 2. The van der Waals surface area contributed by atoms with Gasteiger partial charge in [0, 0.05) is 11.6 Å². The SMILES string of the molecule is C[C@@]1(c2ccc(O)cc2O)C[C@@H](c2ccccc2)NC(=S)N1. The van der Waals surface area contributed by atoms with Crippen LogP contribution in [0.4, 0.5) is 0 Å². The molecule has 3 rings (SSSR count). The fraction of sp³-hybridized carbons (Fsp3) is 0.235. The van der Waals surface area contributed by atoms with Gasteiger partial charge < -0.3 is 20.8 Å². The van der Waals surface area contributed by atoms with Crippen molar-refractivity contribution in [2.45, 2.75) is 24.9 Å². The summed E-state index contributed by atoms with van der Waals surface area (Å²) in [6.45, 7) is 2.00. The van der Waals surface area contributed by atoms with Crippen LogP contribution >= 0.6 is 12.2 Å². The fourth-order valence-electron chi connectivity index (χ4n) is 3.01. The van der Waals surface area contributed by atoms with Crippen LogP contribution in [0.5, 0.6) is 11.5 Å². The summed E-state index contributed by atoms with van der Waals surface area (Å²) in [5.74, 6) is 0.104. The van der Waals surface area contributed by atoms with Gasteiger partial charge in [-0.15, -0.1) is 0 Å². The molecule has 0 radical (unpaired) electrons. The first-order chi connectivity index (χ1) is 10.5. The Morgan fingerprint density at radius 2 is 1.86 bits per heavy atom. The second-order valence-corrected chi connectivity index (χ2v) is 6.21. The number of rotatable bonds is 2. The van der Waals surface area contributed by atoms with Gasteiger partial charge in [0.05, 0.1) is 11.6 Å². The van der Waals surface area contributed by atoms with Crippen LogP contribution in [-0.2, 0) is 5.54 Å². The first-order valence-corrected chi connectivity index (χ1v) is 7.55. The normalized spacial score (nSPS) is 24.4. The zero-order valence-corrected chi connectivity index (χ0v) is 13.0. The van der Waals surface area contributed by atoms with Gasteiger partial charge in [-0.2, -0.15) is 0 Å². The van der Waals surface area contributed by atoms with Crippen molar-refractivity contribution in [3.05, 3.63) is 59.7 Å². The van der Waals surface area contributed by atoms with E-state index in [1.165, 1.54) is 6.07 Å². The minimum atomic E-state index is -0.513. The zero-order valence-electron chi connectivity index (χ0n) is 12.2. The fourth-order valence-corrected chi connectivity index (χ4v) is 3.37. The second kappa shape index (κ2) is 5.50. The molecular weight excluding hydrogens is 296 g/mol. The topological polar surface area (TPSA) is 64.5 Å². The van der Waals surface area contributed by atoms with E-state index in [9.17, 15) is 10.2 Å². The van der Waals surface area contributed by atoms with Crippen LogP contribution in [-0.4, -0.2) is 15.3 Å². The minimum absolute atomic E-state index is 0.0426. The molecule has 0 spiro atoms. The van der Waals surface area contributed by atoms with Crippen molar-refractivity contribution in [2.24, 2.45) is 0 Å². The summed E-state index contributed by atoms with van der Waals surface area (Å²) in [5.41, 5.74) is 1.35. The number of hydrogen-bond donors (Lipinski definition) is 4. The summed E-state index contributed by atoms with van der Waals surface area (Å²) in [4.78, 5) is 0. The van der Waals surface area contributed by atoms with Crippen LogP contribution in [0.1, 0.15) is 30.5 Å². The largest absolute Gasteiger partial charge is 0.508 e. The molecule has 0 bridgehead atoms. The lowest BCUT2D eigenvalue weighted by molar-refractivity contribution is 0.306. The Morgan fingerprint density at radius 1 is 1.14 bits per heavy atom.